The number of nitrogens with zero attached hydrogens (tertiary/aromatic N) is 7. The maximum atomic E-state index is 6.28. The van der Waals surface area contributed by atoms with E-state index in [1.165, 1.54) is 50.3 Å². The fraction of sp³-hybridized carbons (Fsp3) is 0.370. The molecule has 0 bridgehead atoms. The molecule has 0 saturated carbocycles. The number of anilines is 2. The zero-order chi connectivity index (χ0) is 25.9. The molecule has 0 atom stereocenters. The third-order valence-electron chi connectivity index (χ3n) is 6.74. The standard InChI is InChI=1S/C27H27Cl2N7S2/c28-20-8-7-9-21(29)19(20)17-30-18-10-11-22-23(16-18)37-27(31-22)38-26-33-24(35-12-3-1-4-13-35)32-25(34-26)36-14-5-2-6-15-36/h7-11,16-17H,1-6,12-15H2. The molecule has 2 aliphatic rings. The summed E-state index contributed by atoms with van der Waals surface area (Å²) in [7, 11) is 0. The normalized spacial score (nSPS) is 16.6. The summed E-state index contributed by atoms with van der Waals surface area (Å²) in [5.74, 6) is 1.58. The highest BCUT2D eigenvalue weighted by Gasteiger charge is 2.21. The summed E-state index contributed by atoms with van der Waals surface area (Å²) in [6, 6.07) is 11.4. The smallest absolute Gasteiger partial charge is 0.231 e. The Bertz CT molecular complexity index is 1410. The Morgan fingerprint density at radius 2 is 1.42 bits per heavy atom. The second-order valence-corrected chi connectivity index (χ2v) is 12.5. The van der Waals surface area contributed by atoms with Crippen LogP contribution in [0, 0.1) is 0 Å². The molecule has 0 N–H and O–H groups in total. The number of fused-ring (bicyclic) bond motifs is 1. The van der Waals surface area contributed by atoms with Gasteiger partial charge >= 0.3 is 0 Å². The van der Waals surface area contributed by atoms with Crippen LogP contribution >= 0.6 is 46.3 Å². The molecule has 0 spiro atoms. The molecule has 7 nitrogen and oxygen atoms in total. The topological polar surface area (TPSA) is 70.4 Å². The van der Waals surface area contributed by atoms with Gasteiger partial charge in [-0.05, 0) is 80.6 Å². The van der Waals surface area contributed by atoms with Crippen LogP contribution in [0.3, 0.4) is 0 Å². The van der Waals surface area contributed by atoms with E-state index >= 15 is 0 Å². The van der Waals surface area contributed by atoms with E-state index in [1.807, 2.05) is 24.3 Å². The number of benzene rings is 2. The summed E-state index contributed by atoms with van der Waals surface area (Å²) in [6.45, 7) is 3.99. The maximum Gasteiger partial charge on any atom is 0.231 e. The van der Waals surface area contributed by atoms with Gasteiger partial charge in [-0.1, -0.05) is 29.3 Å². The van der Waals surface area contributed by atoms with Crippen LogP contribution in [0.2, 0.25) is 10.0 Å². The molecule has 11 heteroatoms. The monoisotopic (exact) mass is 583 g/mol. The van der Waals surface area contributed by atoms with E-state index in [2.05, 4.69) is 14.8 Å². The summed E-state index contributed by atoms with van der Waals surface area (Å²) >= 11 is 15.7. The number of piperidine rings is 2. The SMILES string of the molecule is Clc1cccc(Cl)c1C=Nc1ccc2nc(Sc3nc(N4CCCCC4)nc(N4CCCCC4)n3)sc2c1. The van der Waals surface area contributed by atoms with Crippen LogP contribution < -0.4 is 9.80 Å². The van der Waals surface area contributed by atoms with E-state index in [-0.39, 0.29) is 0 Å². The highest BCUT2D eigenvalue weighted by molar-refractivity contribution is 8.01. The Morgan fingerprint density at radius 1 is 0.789 bits per heavy atom. The van der Waals surface area contributed by atoms with Crippen LogP contribution in [0.15, 0.2) is 50.9 Å². The van der Waals surface area contributed by atoms with Crippen molar-refractivity contribution < 1.29 is 0 Å². The first-order valence-electron chi connectivity index (χ1n) is 12.9. The molecule has 2 aromatic carbocycles. The predicted octanol–water partition coefficient (Wildman–Crippen LogP) is 7.67. The summed E-state index contributed by atoms with van der Waals surface area (Å²) in [4.78, 5) is 28.7. The molecule has 2 fully saturated rings. The second kappa shape index (κ2) is 11.7. The Morgan fingerprint density at radius 3 is 2.05 bits per heavy atom. The van der Waals surface area contributed by atoms with Gasteiger partial charge in [0.2, 0.25) is 17.1 Å². The summed E-state index contributed by atoms with van der Waals surface area (Å²) in [5, 5.41) is 1.85. The summed E-state index contributed by atoms with van der Waals surface area (Å²) in [6.07, 6.45) is 8.96. The fourth-order valence-electron chi connectivity index (χ4n) is 4.72. The Balaban J connectivity index is 1.26. The number of aromatic nitrogens is 4. The molecule has 0 amide bonds. The van der Waals surface area contributed by atoms with Crippen molar-refractivity contribution in [1.82, 2.24) is 19.9 Å². The maximum absolute atomic E-state index is 6.28. The lowest BCUT2D eigenvalue weighted by atomic mass is 10.1. The first-order valence-corrected chi connectivity index (χ1v) is 15.3. The molecule has 0 aliphatic carbocycles. The largest absolute Gasteiger partial charge is 0.341 e. The highest BCUT2D eigenvalue weighted by atomic mass is 35.5. The van der Waals surface area contributed by atoms with Crippen molar-refractivity contribution in [1.29, 1.82) is 0 Å². The molecule has 4 heterocycles. The van der Waals surface area contributed by atoms with Crippen molar-refractivity contribution in [3.63, 3.8) is 0 Å². The van der Waals surface area contributed by atoms with E-state index in [4.69, 9.17) is 43.1 Å². The molecule has 0 radical (unpaired) electrons. The molecule has 2 aromatic heterocycles. The lowest BCUT2D eigenvalue weighted by Crippen LogP contribution is -2.34. The van der Waals surface area contributed by atoms with Crippen LogP contribution in [0.4, 0.5) is 17.6 Å². The minimum Gasteiger partial charge on any atom is -0.341 e. The summed E-state index contributed by atoms with van der Waals surface area (Å²) < 4.78 is 1.95. The average molecular weight is 585 g/mol. The zero-order valence-corrected chi connectivity index (χ0v) is 24.0. The minimum absolute atomic E-state index is 0.573. The van der Waals surface area contributed by atoms with Gasteiger partial charge in [0.05, 0.1) is 25.9 Å². The van der Waals surface area contributed by atoms with Crippen LogP contribution in [-0.2, 0) is 0 Å². The van der Waals surface area contributed by atoms with Gasteiger partial charge in [0, 0.05) is 38.0 Å². The van der Waals surface area contributed by atoms with Crippen molar-refractivity contribution in [3.8, 4) is 0 Å². The fourth-order valence-corrected chi connectivity index (χ4v) is 7.16. The van der Waals surface area contributed by atoms with E-state index in [1.54, 1.807) is 29.7 Å². The van der Waals surface area contributed by atoms with Crippen LogP contribution in [0.5, 0.6) is 0 Å². The number of hydrogen-bond donors (Lipinski definition) is 0. The first-order chi connectivity index (χ1) is 18.6. The molecule has 6 rings (SSSR count). The van der Waals surface area contributed by atoms with Crippen molar-refractivity contribution in [2.75, 3.05) is 36.0 Å². The molecule has 2 aliphatic heterocycles. The average Bonchev–Trinajstić information content (AvgIpc) is 3.35. The molecule has 2 saturated heterocycles. The van der Waals surface area contributed by atoms with Gasteiger partial charge in [-0.3, -0.25) is 4.99 Å². The van der Waals surface area contributed by atoms with Crippen molar-refractivity contribution in [2.24, 2.45) is 4.99 Å². The third kappa shape index (κ3) is 5.91. The number of rotatable bonds is 6. The van der Waals surface area contributed by atoms with Gasteiger partial charge in [0.15, 0.2) is 4.34 Å². The Kier molecular flexibility index (Phi) is 7.97. The summed E-state index contributed by atoms with van der Waals surface area (Å²) in [5.41, 5.74) is 2.45. The first kappa shape index (κ1) is 25.8. The number of hydrogen-bond acceptors (Lipinski definition) is 9. The predicted molar refractivity (Wildman–Crippen MR) is 159 cm³/mol. The van der Waals surface area contributed by atoms with Crippen molar-refractivity contribution in [3.05, 3.63) is 52.0 Å². The number of thiazole rings is 1. The van der Waals surface area contributed by atoms with Gasteiger partial charge in [0.25, 0.3) is 0 Å². The van der Waals surface area contributed by atoms with E-state index in [9.17, 15) is 0 Å². The van der Waals surface area contributed by atoms with E-state index in [0.717, 1.165) is 58.3 Å². The van der Waals surface area contributed by atoms with Crippen LogP contribution in [0.1, 0.15) is 44.1 Å². The van der Waals surface area contributed by atoms with Gasteiger partial charge in [-0.25, -0.2) is 4.98 Å². The van der Waals surface area contributed by atoms with Crippen LogP contribution in [0.25, 0.3) is 10.2 Å². The third-order valence-corrected chi connectivity index (χ3v) is 9.35. The number of aliphatic imine (C=N–C) groups is 1. The van der Waals surface area contributed by atoms with E-state index in [0.29, 0.717) is 20.8 Å². The molecule has 196 valence electrons. The quantitative estimate of drug-likeness (QED) is 0.215. The molecular weight excluding hydrogens is 557 g/mol. The van der Waals surface area contributed by atoms with E-state index < -0.39 is 0 Å². The highest BCUT2D eigenvalue weighted by Crippen LogP contribution is 2.36. The molecule has 4 aromatic rings. The van der Waals surface area contributed by atoms with Gasteiger partial charge in [-0.15, -0.1) is 11.3 Å². The Hall–Kier alpha value is -2.46. The van der Waals surface area contributed by atoms with Gasteiger partial charge in [-0.2, -0.15) is 15.0 Å². The second-order valence-electron chi connectivity index (χ2n) is 9.44. The number of halogens is 2. The van der Waals surface area contributed by atoms with Crippen LogP contribution in [-0.4, -0.2) is 52.3 Å². The molecule has 38 heavy (non-hydrogen) atoms. The molecule has 0 unspecified atom stereocenters. The van der Waals surface area contributed by atoms with Crippen molar-refractivity contribution in [2.45, 2.75) is 48.0 Å². The Labute approximate surface area is 240 Å². The minimum atomic E-state index is 0.573. The van der Waals surface area contributed by atoms with Gasteiger partial charge in [0.1, 0.15) is 0 Å². The van der Waals surface area contributed by atoms with Crippen molar-refractivity contribution >= 4 is 80.3 Å². The zero-order valence-electron chi connectivity index (χ0n) is 20.8. The molecular formula is C27H27Cl2N7S2. The lowest BCUT2D eigenvalue weighted by molar-refractivity contribution is 0.551. The lowest BCUT2D eigenvalue weighted by Gasteiger charge is -2.30. The van der Waals surface area contributed by atoms with Gasteiger partial charge < -0.3 is 9.80 Å².